The lowest BCUT2D eigenvalue weighted by Crippen LogP contribution is -2.35. The molecular formula is C11H17ClN2. The van der Waals surface area contributed by atoms with Crippen LogP contribution in [0.1, 0.15) is 18.5 Å². The Morgan fingerprint density at radius 3 is 2.29 bits per heavy atom. The number of halogens is 1. The largest absolute Gasteiger partial charge is 0.326 e. The maximum Gasteiger partial charge on any atom is 0.0505 e. The van der Waals surface area contributed by atoms with Crippen molar-refractivity contribution in [3.05, 3.63) is 34.9 Å². The van der Waals surface area contributed by atoms with E-state index in [1.807, 2.05) is 45.3 Å². The van der Waals surface area contributed by atoms with Gasteiger partial charge in [0.05, 0.1) is 6.04 Å². The topological polar surface area (TPSA) is 29.3 Å². The molecule has 78 valence electrons. The summed E-state index contributed by atoms with van der Waals surface area (Å²) in [5.74, 6) is 0. The van der Waals surface area contributed by atoms with Crippen LogP contribution in [0.4, 0.5) is 0 Å². The highest BCUT2D eigenvalue weighted by Crippen LogP contribution is 2.27. The molecule has 14 heavy (non-hydrogen) atoms. The van der Waals surface area contributed by atoms with Crippen LogP contribution in [0.5, 0.6) is 0 Å². The number of hydrogen-bond acceptors (Lipinski definition) is 2. The van der Waals surface area contributed by atoms with Crippen LogP contribution in [0, 0.1) is 0 Å². The Bertz CT molecular complexity index is 289. The summed E-state index contributed by atoms with van der Waals surface area (Å²) in [6.07, 6.45) is 0. The first-order valence-corrected chi connectivity index (χ1v) is 5.08. The van der Waals surface area contributed by atoms with Gasteiger partial charge < -0.3 is 10.6 Å². The van der Waals surface area contributed by atoms with Crippen molar-refractivity contribution < 1.29 is 0 Å². The molecule has 1 aromatic carbocycles. The van der Waals surface area contributed by atoms with Gasteiger partial charge in [-0.3, -0.25) is 0 Å². The fraction of sp³-hybridized carbons (Fsp3) is 0.455. The predicted molar refractivity (Wildman–Crippen MR) is 61.5 cm³/mol. The first-order chi connectivity index (χ1) is 6.54. The van der Waals surface area contributed by atoms with E-state index in [4.69, 9.17) is 17.3 Å². The number of likely N-dealkylation sites (N-methyl/N-ethyl adjacent to an activating group) is 1. The predicted octanol–water partition coefficient (Wildman–Crippen LogP) is 2.29. The molecule has 0 aliphatic carbocycles. The number of benzene rings is 1. The Morgan fingerprint density at radius 2 is 1.86 bits per heavy atom. The van der Waals surface area contributed by atoms with Gasteiger partial charge in [-0.05, 0) is 32.6 Å². The van der Waals surface area contributed by atoms with Crippen molar-refractivity contribution in [1.29, 1.82) is 0 Å². The molecule has 0 aliphatic heterocycles. The molecule has 2 atom stereocenters. The minimum Gasteiger partial charge on any atom is -0.326 e. The third-order valence-corrected chi connectivity index (χ3v) is 2.62. The minimum atomic E-state index is 0.0601. The van der Waals surface area contributed by atoms with E-state index in [2.05, 4.69) is 4.90 Å². The van der Waals surface area contributed by atoms with Gasteiger partial charge in [-0.15, -0.1) is 0 Å². The van der Waals surface area contributed by atoms with Gasteiger partial charge in [0.2, 0.25) is 0 Å². The average molecular weight is 213 g/mol. The molecule has 0 spiro atoms. The zero-order valence-electron chi connectivity index (χ0n) is 8.87. The average Bonchev–Trinajstić information content (AvgIpc) is 2.07. The molecular weight excluding hydrogens is 196 g/mol. The van der Waals surface area contributed by atoms with Gasteiger partial charge in [-0.2, -0.15) is 0 Å². The Balaban J connectivity index is 3.05. The second kappa shape index (κ2) is 4.78. The molecule has 0 radical (unpaired) electrons. The monoisotopic (exact) mass is 212 g/mol. The third kappa shape index (κ3) is 2.47. The zero-order valence-corrected chi connectivity index (χ0v) is 9.62. The SMILES string of the molecule is CC(N)C(c1ccccc1Cl)N(C)C. The van der Waals surface area contributed by atoms with Crippen molar-refractivity contribution in [2.75, 3.05) is 14.1 Å². The first-order valence-electron chi connectivity index (χ1n) is 4.70. The molecule has 0 bridgehead atoms. The molecule has 2 nitrogen and oxygen atoms in total. The lowest BCUT2D eigenvalue weighted by Gasteiger charge is -2.28. The van der Waals surface area contributed by atoms with Crippen LogP contribution in [0.3, 0.4) is 0 Å². The van der Waals surface area contributed by atoms with Crippen molar-refractivity contribution in [3.63, 3.8) is 0 Å². The molecule has 3 heteroatoms. The van der Waals surface area contributed by atoms with E-state index in [9.17, 15) is 0 Å². The summed E-state index contributed by atoms with van der Waals surface area (Å²) >= 11 is 6.12. The van der Waals surface area contributed by atoms with E-state index in [0.29, 0.717) is 0 Å². The molecule has 2 unspecified atom stereocenters. The molecule has 0 saturated carbocycles. The van der Waals surface area contributed by atoms with Gasteiger partial charge >= 0.3 is 0 Å². The highest BCUT2D eigenvalue weighted by atomic mass is 35.5. The maximum absolute atomic E-state index is 6.12. The summed E-state index contributed by atoms with van der Waals surface area (Å²) in [5.41, 5.74) is 7.03. The van der Waals surface area contributed by atoms with Crippen LogP contribution in [0.25, 0.3) is 0 Å². The second-order valence-electron chi connectivity index (χ2n) is 3.79. The Kier molecular flexibility index (Phi) is 3.93. The lowest BCUT2D eigenvalue weighted by molar-refractivity contribution is 0.266. The molecule has 0 amide bonds. The van der Waals surface area contributed by atoms with Crippen LogP contribution < -0.4 is 5.73 Å². The molecule has 0 heterocycles. The molecule has 0 saturated heterocycles. The van der Waals surface area contributed by atoms with Crippen LogP contribution >= 0.6 is 11.6 Å². The third-order valence-electron chi connectivity index (χ3n) is 2.28. The summed E-state index contributed by atoms with van der Waals surface area (Å²) in [5, 5.41) is 0.781. The van der Waals surface area contributed by atoms with E-state index >= 15 is 0 Å². The number of nitrogens with zero attached hydrogens (tertiary/aromatic N) is 1. The molecule has 1 aromatic rings. The van der Waals surface area contributed by atoms with Gasteiger partial charge in [0.1, 0.15) is 0 Å². The standard InChI is InChI=1S/C11H17ClN2/c1-8(13)11(14(2)3)9-6-4-5-7-10(9)12/h4-8,11H,13H2,1-3H3. The van der Waals surface area contributed by atoms with E-state index in [1.54, 1.807) is 0 Å². The molecule has 1 rings (SSSR count). The zero-order chi connectivity index (χ0) is 10.7. The number of nitrogens with two attached hydrogens (primary N) is 1. The van der Waals surface area contributed by atoms with Crippen LogP contribution in [-0.2, 0) is 0 Å². The van der Waals surface area contributed by atoms with E-state index < -0.39 is 0 Å². The smallest absolute Gasteiger partial charge is 0.0505 e. The van der Waals surface area contributed by atoms with Crippen molar-refractivity contribution in [2.24, 2.45) is 5.73 Å². The second-order valence-corrected chi connectivity index (χ2v) is 4.20. The summed E-state index contributed by atoms with van der Waals surface area (Å²) in [7, 11) is 4.02. The quantitative estimate of drug-likeness (QED) is 0.833. The van der Waals surface area contributed by atoms with Crippen LogP contribution in [0.2, 0.25) is 5.02 Å². The van der Waals surface area contributed by atoms with Crippen molar-refractivity contribution in [3.8, 4) is 0 Å². The molecule has 0 aliphatic rings. The van der Waals surface area contributed by atoms with Gasteiger partial charge in [0.15, 0.2) is 0 Å². The summed E-state index contributed by atoms with van der Waals surface area (Å²) < 4.78 is 0. The minimum absolute atomic E-state index is 0.0601. The van der Waals surface area contributed by atoms with E-state index in [-0.39, 0.29) is 12.1 Å². The Hall–Kier alpha value is -0.570. The highest BCUT2D eigenvalue weighted by Gasteiger charge is 2.20. The summed E-state index contributed by atoms with van der Waals surface area (Å²) in [6.45, 7) is 1.99. The molecule has 0 aromatic heterocycles. The van der Waals surface area contributed by atoms with Crippen LogP contribution in [0.15, 0.2) is 24.3 Å². The first kappa shape index (κ1) is 11.5. The Labute approximate surface area is 90.7 Å². The number of rotatable bonds is 3. The van der Waals surface area contributed by atoms with Gasteiger partial charge in [0, 0.05) is 11.1 Å². The van der Waals surface area contributed by atoms with Crippen molar-refractivity contribution >= 4 is 11.6 Å². The van der Waals surface area contributed by atoms with Crippen molar-refractivity contribution in [2.45, 2.75) is 19.0 Å². The van der Waals surface area contributed by atoms with E-state index in [1.165, 1.54) is 0 Å². The van der Waals surface area contributed by atoms with Gasteiger partial charge in [-0.25, -0.2) is 0 Å². The Morgan fingerprint density at radius 1 is 1.29 bits per heavy atom. The van der Waals surface area contributed by atoms with E-state index in [0.717, 1.165) is 10.6 Å². The summed E-state index contributed by atoms with van der Waals surface area (Å²) in [6, 6.07) is 8.07. The fourth-order valence-electron chi connectivity index (χ4n) is 1.75. The normalized spacial score (nSPS) is 15.6. The summed E-state index contributed by atoms with van der Waals surface area (Å²) in [4.78, 5) is 2.09. The van der Waals surface area contributed by atoms with Crippen LogP contribution in [-0.4, -0.2) is 25.0 Å². The maximum atomic E-state index is 6.12. The van der Waals surface area contributed by atoms with Crippen molar-refractivity contribution in [1.82, 2.24) is 4.90 Å². The fourth-order valence-corrected chi connectivity index (χ4v) is 1.99. The number of hydrogen-bond donors (Lipinski definition) is 1. The highest BCUT2D eigenvalue weighted by molar-refractivity contribution is 6.31. The van der Waals surface area contributed by atoms with Gasteiger partial charge in [-0.1, -0.05) is 29.8 Å². The lowest BCUT2D eigenvalue weighted by atomic mass is 10.00. The molecule has 0 fully saturated rings. The molecule has 2 N–H and O–H groups in total. The van der Waals surface area contributed by atoms with Gasteiger partial charge in [0.25, 0.3) is 0 Å².